The zero-order valence-corrected chi connectivity index (χ0v) is 21.7. The van der Waals surface area contributed by atoms with E-state index in [9.17, 15) is 31.2 Å². The molecule has 0 N–H and O–H groups in total. The van der Waals surface area contributed by atoms with Crippen molar-refractivity contribution in [1.29, 1.82) is 0 Å². The minimum Gasteiger partial charge on any atom is -0.453 e. The minimum atomic E-state index is -4.74. The van der Waals surface area contributed by atoms with Crippen LogP contribution in [0.2, 0.25) is 0 Å². The van der Waals surface area contributed by atoms with Crippen molar-refractivity contribution in [1.82, 2.24) is 19.0 Å². The van der Waals surface area contributed by atoms with E-state index in [1.807, 2.05) is 6.92 Å². The quantitative estimate of drug-likeness (QED) is 0.556. The molecule has 2 aliphatic rings. The van der Waals surface area contributed by atoms with Gasteiger partial charge in [-0.2, -0.15) is 13.2 Å². The number of piperazine rings is 1. The Morgan fingerprint density at radius 1 is 1.08 bits per heavy atom. The third-order valence-corrected chi connectivity index (χ3v) is 8.80. The SMILES string of the molecule is COC(=O)N1CCN(C(=O)Cc2ccc(C(F)(F)F)cc2S(=O)(=O)N(C)C)C(CN2CCCC2)C1C. The summed E-state index contributed by atoms with van der Waals surface area (Å²) in [5, 5.41) is 0. The third kappa shape index (κ3) is 5.94. The number of carbonyl (C=O) groups is 2. The zero-order chi connectivity index (χ0) is 26.8. The Hall–Kier alpha value is -2.38. The number of hydrogen-bond donors (Lipinski definition) is 0. The zero-order valence-electron chi connectivity index (χ0n) is 20.9. The van der Waals surface area contributed by atoms with E-state index in [1.165, 1.54) is 21.2 Å². The lowest BCUT2D eigenvalue weighted by molar-refractivity contribution is -0.138. The first-order valence-corrected chi connectivity index (χ1v) is 13.2. The number of methoxy groups -OCH3 is 1. The molecule has 2 aliphatic heterocycles. The van der Waals surface area contributed by atoms with Crippen molar-refractivity contribution in [3.8, 4) is 0 Å². The van der Waals surface area contributed by atoms with Crippen LogP contribution in [0.25, 0.3) is 0 Å². The molecule has 0 radical (unpaired) electrons. The summed E-state index contributed by atoms with van der Waals surface area (Å²) in [4.78, 5) is 30.6. The van der Waals surface area contributed by atoms with Gasteiger partial charge in [-0.1, -0.05) is 6.07 Å². The lowest BCUT2D eigenvalue weighted by Crippen LogP contribution is -2.64. The Morgan fingerprint density at radius 3 is 2.25 bits per heavy atom. The Morgan fingerprint density at radius 2 is 1.69 bits per heavy atom. The molecule has 1 aromatic rings. The number of nitrogens with zero attached hydrogens (tertiary/aromatic N) is 4. The van der Waals surface area contributed by atoms with E-state index in [0.717, 1.165) is 42.4 Å². The fourth-order valence-electron chi connectivity index (χ4n) is 4.80. The maximum Gasteiger partial charge on any atom is 0.416 e. The summed E-state index contributed by atoms with van der Waals surface area (Å²) in [7, 11) is -0.511. The number of alkyl halides is 3. The summed E-state index contributed by atoms with van der Waals surface area (Å²) in [5.74, 6) is -0.412. The van der Waals surface area contributed by atoms with Crippen LogP contribution in [0.3, 0.4) is 0 Å². The van der Waals surface area contributed by atoms with Gasteiger partial charge in [-0.25, -0.2) is 17.5 Å². The molecule has 2 unspecified atom stereocenters. The molecule has 13 heteroatoms. The number of benzene rings is 1. The fraction of sp³-hybridized carbons (Fsp3) is 0.652. The number of halogens is 3. The average Bonchev–Trinajstić information content (AvgIpc) is 3.32. The number of hydrogen-bond acceptors (Lipinski definition) is 6. The highest BCUT2D eigenvalue weighted by molar-refractivity contribution is 7.89. The second-order valence-corrected chi connectivity index (χ2v) is 11.5. The average molecular weight is 535 g/mol. The van der Waals surface area contributed by atoms with E-state index in [1.54, 1.807) is 9.80 Å². The standard InChI is InChI=1S/C23H33F3N4O5S/c1-16-19(15-28-9-5-6-10-28)30(12-11-29(16)22(32)35-4)21(31)13-17-7-8-18(23(24,25)26)14-20(17)36(33,34)27(2)3/h7-8,14,16,19H,5-6,9-13,15H2,1-4H3. The number of sulfonamides is 1. The van der Waals surface area contributed by atoms with Gasteiger partial charge >= 0.3 is 12.3 Å². The number of ether oxygens (including phenoxy) is 1. The van der Waals surface area contributed by atoms with Crippen LogP contribution in [-0.2, 0) is 32.2 Å². The van der Waals surface area contributed by atoms with E-state index in [4.69, 9.17) is 4.74 Å². The molecule has 1 aromatic carbocycles. The molecule has 0 bridgehead atoms. The molecule has 9 nitrogen and oxygen atoms in total. The van der Waals surface area contributed by atoms with Crippen molar-refractivity contribution in [2.45, 2.75) is 49.3 Å². The van der Waals surface area contributed by atoms with Gasteiger partial charge in [0.1, 0.15) is 0 Å². The van der Waals surface area contributed by atoms with Crippen molar-refractivity contribution in [3.63, 3.8) is 0 Å². The molecule has 2 fully saturated rings. The highest BCUT2D eigenvalue weighted by atomic mass is 32.2. The van der Waals surface area contributed by atoms with Crippen LogP contribution in [0.5, 0.6) is 0 Å². The van der Waals surface area contributed by atoms with Crippen LogP contribution >= 0.6 is 0 Å². The highest BCUT2D eigenvalue weighted by Gasteiger charge is 2.40. The van der Waals surface area contributed by atoms with Crippen LogP contribution < -0.4 is 0 Å². The maximum atomic E-state index is 13.5. The molecule has 0 spiro atoms. The van der Waals surface area contributed by atoms with Crippen molar-refractivity contribution in [2.24, 2.45) is 0 Å². The molecule has 0 saturated carbocycles. The Balaban J connectivity index is 1.93. The predicted molar refractivity (Wildman–Crippen MR) is 126 cm³/mol. The van der Waals surface area contributed by atoms with E-state index < -0.39 is 38.7 Å². The first kappa shape index (κ1) is 28.2. The van der Waals surface area contributed by atoms with Crippen LogP contribution in [0.4, 0.5) is 18.0 Å². The highest BCUT2D eigenvalue weighted by Crippen LogP contribution is 2.33. The molecule has 3 rings (SSSR count). The van der Waals surface area contributed by atoms with Gasteiger partial charge in [0, 0.05) is 33.7 Å². The molecule has 2 atom stereocenters. The number of rotatable bonds is 6. The summed E-state index contributed by atoms with van der Waals surface area (Å²) in [6, 6.07) is 1.68. The summed E-state index contributed by atoms with van der Waals surface area (Å²) >= 11 is 0. The van der Waals surface area contributed by atoms with Crippen LogP contribution in [0.1, 0.15) is 30.9 Å². The largest absolute Gasteiger partial charge is 0.453 e. The van der Waals surface area contributed by atoms with E-state index in [0.29, 0.717) is 12.6 Å². The van der Waals surface area contributed by atoms with Gasteiger partial charge in [-0.15, -0.1) is 0 Å². The summed E-state index contributed by atoms with van der Waals surface area (Å²) in [5.41, 5.74) is -1.11. The molecule has 2 amide bonds. The van der Waals surface area contributed by atoms with Crippen LogP contribution in [0, 0.1) is 0 Å². The molecular formula is C23H33F3N4O5S. The van der Waals surface area contributed by atoms with E-state index in [-0.39, 0.29) is 37.2 Å². The van der Waals surface area contributed by atoms with Gasteiger partial charge in [-0.05, 0) is 50.6 Å². The normalized spacial score (nSPS) is 21.8. The smallest absolute Gasteiger partial charge is 0.416 e. The molecule has 2 heterocycles. The lowest BCUT2D eigenvalue weighted by Gasteiger charge is -2.47. The molecule has 2 saturated heterocycles. The lowest BCUT2D eigenvalue weighted by atomic mass is 10.0. The van der Waals surface area contributed by atoms with Gasteiger partial charge in [0.15, 0.2) is 0 Å². The monoisotopic (exact) mass is 534 g/mol. The molecule has 0 aliphatic carbocycles. The van der Waals surface area contributed by atoms with Crippen molar-refractivity contribution in [2.75, 3.05) is 53.9 Å². The minimum absolute atomic E-state index is 0.00956. The predicted octanol–water partition coefficient (Wildman–Crippen LogP) is 2.26. The molecular weight excluding hydrogens is 501 g/mol. The molecule has 202 valence electrons. The van der Waals surface area contributed by atoms with Gasteiger partial charge in [0.2, 0.25) is 15.9 Å². The second kappa shape index (κ2) is 10.9. The van der Waals surface area contributed by atoms with Crippen molar-refractivity contribution < 1.29 is 35.9 Å². The van der Waals surface area contributed by atoms with Crippen LogP contribution in [0.15, 0.2) is 23.1 Å². The van der Waals surface area contributed by atoms with E-state index in [2.05, 4.69) is 4.90 Å². The van der Waals surface area contributed by atoms with Crippen LogP contribution in [-0.4, -0.2) is 105 Å². The second-order valence-electron chi connectivity index (χ2n) is 9.35. The molecule has 0 aromatic heterocycles. The Kier molecular flexibility index (Phi) is 8.56. The Labute approximate surface area is 209 Å². The summed E-state index contributed by atoms with van der Waals surface area (Å²) in [6.45, 7) is 4.52. The maximum absolute atomic E-state index is 13.5. The first-order chi connectivity index (χ1) is 16.8. The number of amides is 2. The van der Waals surface area contributed by atoms with Gasteiger partial charge in [0.05, 0.1) is 36.1 Å². The third-order valence-electron chi connectivity index (χ3n) is 6.90. The van der Waals surface area contributed by atoms with Gasteiger partial charge in [0.25, 0.3) is 0 Å². The van der Waals surface area contributed by atoms with Crippen molar-refractivity contribution in [3.05, 3.63) is 29.3 Å². The summed E-state index contributed by atoms with van der Waals surface area (Å²) < 4.78 is 71.4. The fourth-order valence-corrected chi connectivity index (χ4v) is 5.94. The summed E-state index contributed by atoms with van der Waals surface area (Å²) in [6.07, 6.45) is -3.55. The topological polar surface area (TPSA) is 90.5 Å². The first-order valence-electron chi connectivity index (χ1n) is 11.8. The van der Waals surface area contributed by atoms with Gasteiger partial charge in [-0.3, -0.25) is 4.79 Å². The van der Waals surface area contributed by atoms with E-state index >= 15 is 0 Å². The Bertz CT molecular complexity index is 1070. The number of likely N-dealkylation sites (tertiary alicyclic amines) is 1. The number of carbonyl (C=O) groups excluding carboxylic acids is 2. The van der Waals surface area contributed by atoms with Gasteiger partial charge < -0.3 is 19.4 Å². The van der Waals surface area contributed by atoms with Crippen molar-refractivity contribution >= 4 is 22.0 Å². The molecule has 36 heavy (non-hydrogen) atoms.